The number of nitrogens with zero attached hydrogens (tertiary/aromatic N) is 1. The maximum Gasteiger partial charge on any atom is 0.265 e. The quantitative estimate of drug-likeness (QED) is 0.515. The fourth-order valence-electron chi connectivity index (χ4n) is 3.83. The van der Waals surface area contributed by atoms with Crippen LogP contribution in [0.25, 0.3) is 0 Å². The maximum absolute atomic E-state index is 12.8. The first kappa shape index (κ1) is 21.6. The van der Waals surface area contributed by atoms with Gasteiger partial charge in [0.2, 0.25) is 0 Å². The van der Waals surface area contributed by atoms with Crippen LogP contribution in [0.1, 0.15) is 44.5 Å². The van der Waals surface area contributed by atoms with Crippen LogP contribution in [-0.4, -0.2) is 36.3 Å². The molecule has 0 spiro atoms. The lowest BCUT2D eigenvalue weighted by molar-refractivity contribution is 0.0937. The number of hydrogen-bond donors (Lipinski definition) is 2. The third-order valence-electron chi connectivity index (χ3n) is 5.45. The van der Waals surface area contributed by atoms with E-state index in [9.17, 15) is 9.59 Å². The van der Waals surface area contributed by atoms with Gasteiger partial charge >= 0.3 is 0 Å². The van der Waals surface area contributed by atoms with Crippen LogP contribution in [0.4, 0.5) is 5.69 Å². The molecule has 160 valence electrons. The van der Waals surface area contributed by atoms with Gasteiger partial charge in [-0.05, 0) is 73.3 Å². The molecule has 7 heteroatoms. The number of carbonyl (C=O) groups excluding carboxylic acids is 2. The zero-order valence-corrected chi connectivity index (χ0v) is 18.6. The molecular weight excluding hydrogens is 430 g/mol. The molecule has 1 unspecified atom stereocenters. The number of nitrogens with one attached hydrogen (secondary N) is 2. The van der Waals surface area contributed by atoms with E-state index in [4.69, 9.17) is 11.6 Å². The van der Waals surface area contributed by atoms with Crippen molar-refractivity contribution < 1.29 is 9.59 Å². The van der Waals surface area contributed by atoms with Gasteiger partial charge in [-0.2, -0.15) is 0 Å². The molecule has 3 aromatic rings. The van der Waals surface area contributed by atoms with Crippen molar-refractivity contribution in [1.82, 2.24) is 10.2 Å². The highest BCUT2D eigenvalue weighted by Gasteiger charge is 2.25. The van der Waals surface area contributed by atoms with E-state index in [1.165, 1.54) is 11.3 Å². The van der Waals surface area contributed by atoms with Crippen LogP contribution in [0.5, 0.6) is 0 Å². The Morgan fingerprint density at radius 1 is 0.968 bits per heavy atom. The number of likely N-dealkylation sites (tertiary alicyclic amines) is 1. The van der Waals surface area contributed by atoms with Crippen molar-refractivity contribution in [3.8, 4) is 0 Å². The second-order valence-electron chi connectivity index (χ2n) is 7.50. The van der Waals surface area contributed by atoms with Crippen LogP contribution in [0.15, 0.2) is 66.0 Å². The Labute approximate surface area is 191 Å². The molecule has 2 heterocycles. The minimum atomic E-state index is -0.152. The number of benzene rings is 2. The number of carbonyl (C=O) groups is 2. The third-order valence-corrected chi connectivity index (χ3v) is 6.66. The van der Waals surface area contributed by atoms with Crippen LogP contribution in [0.2, 0.25) is 5.02 Å². The molecule has 0 bridgehead atoms. The van der Waals surface area contributed by atoms with Crippen LogP contribution < -0.4 is 10.6 Å². The average Bonchev–Trinajstić information content (AvgIpc) is 3.50. The van der Waals surface area contributed by atoms with E-state index in [2.05, 4.69) is 15.5 Å². The third kappa shape index (κ3) is 5.34. The Morgan fingerprint density at radius 2 is 1.71 bits per heavy atom. The van der Waals surface area contributed by atoms with Crippen molar-refractivity contribution >= 4 is 40.4 Å². The predicted octanol–water partition coefficient (Wildman–Crippen LogP) is 5.22. The van der Waals surface area contributed by atoms with Crippen molar-refractivity contribution in [3.63, 3.8) is 0 Å². The van der Waals surface area contributed by atoms with E-state index >= 15 is 0 Å². The first-order valence-electron chi connectivity index (χ1n) is 10.3. The molecule has 4 rings (SSSR count). The van der Waals surface area contributed by atoms with Gasteiger partial charge in [0.05, 0.1) is 10.9 Å². The summed E-state index contributed by atoms with van der Waals surface area (Å²) in [7, 11) is 0. The fraction of sp³-hybridized carbons (Fsp3) is 0.250. The van der Waals surface area contributed by atoms with Gasteiger partial charge < -0.3 is 10.6 Å². The molecule has 1 aliphatic rings. The van der Waals surface area contributed by atoms with Crippen LogP contribution in [0, 0.1) is 0 Å². The van der Waals surface area contributed by atoms with Crippen LogP contribution >= 0.6 is 22.9 Å². The van der Waals surface area contributed by atoms with Crippen molar-refractivity contribution in [2.45, 2.75) is 18.9 Å². The summed E-state index contributed by atoms with van der Waals surface area (Å²) in [6.45, 7) is 2.49. The Kier molecular flexibility index (Phi) is 7.02. The van der Waals surface area contributed by atoms with E-state index in [-0.39, 0.29) is 17.9 Å². The molecular formula is C24H24ClN3O2S. The minimum absolute atomic E-state index is 0.0458. The van der Waals surface area contributed by atoms with Crippen LogP contribution in [-0.2, 0) is 0 Å². The maximum atomic E-state index is 12.8. The van der Waals surface area contributed by atoms with Gasteiger partial charge in [-0.25, -0.2) is 0 Å². The topological polar surface area (TPSA) is 61.4 Å². The summed E-state index contributed by atoms with van der Waals surface area (Å²) in [6.07, 6.45) is 2.32. The van der Waals surface area contributed by atoms with Crippen LogP contribution in [0.3, 0.4) is 0 Å². The van der Waals surface area contributed by atoms with E-state index in [1.54, 1.807) is 30.3 Å². The number of hydrogen-bond acceptors (Lipinski definition) is 4. The summed E-state index contributed by atoms with van der Waals surface area (Å²) in [4.78, 5) is 27.9. The lowest BCUT2D eigenvalue weighted by Gasteiger charge is -2.29. The van der Waals surface area contributed by atoms with E-state index in [0.29, 0.717) is 22.7 Å². The van der Waals surface area contributed by atoms with Crippen molar-refractivity contribution in [1.29, 1.82) is 0 Å². The largest absolute Gasteiger partial charge is 0.350 e. The molecule has 5 nitrogen and oxygen atoms in total. The zero-order chi connectivity index (χ0) is 21.6. The first-order chi connectivity index (χ1) is 15.1. The molecule has 2 amide bonds. The van der Waals surface area contributed by atoms with Gasteiger partial charge in [-0.1, -0.05) is 35.9 Å². The molecule has 2 aromatic carbocycles. The summed E-state index contributed by atoms with van der Waals surface area (Å²) in [6, 6.07) is 18.4. The molecule has 0 aliphatic carbocycles. The van der Waals surface area contributed by atoms with Crippen molar-refractivity contribution in [3.05, 3.63) is 87.1 Å². The lowest BCUT2D eigenvalue weighted by atomic mass is 10.0. The summed E-state index contributed by atoms with van der Waals surface area (Å²) in [5, 5.41) is 8.49. The SMILES string of the molecule is O=C(NCC(c1ccccc1Cl)N1CCCC1)c1ccc(NC(=O)c2cccs2)cc1. The fourth-order valence-corrected chi connectivity index (χ4v) is 4.71. The van der Waals surface area contributed by atoms with E-state index < -0.39 is 0 Å². The molecule has 1 fully saturated rings. The highest BCUT2D eigenvalue weighted by molar-refractivity contribution is 7.12. The summed E-state index contributed by atoms with van der Waals surface area (Å²) >= 11 is 7.84. The first-order valence-corrected chi connectivity index (χ1v) is 11.6. The number of amides is 2. The molecule has 1 aliphatic heterocycles. The Hall–Kier alpha value is -2.67. The highest BCUT2D eigenvalue weighted by atomic mass is 35.5. The molecule has 1 atom stereocenters. The summed E-state index contributed by atoms with van der Waals surface area (Å²) < 4.78 is 0. The van der Waals surface area contributed by atoms with Gasteiger partial charge in [-0.15, -0.1) is 11.3 Å². The Bertz CT molecular complexity index is 1030. The molecule has 0 radical (unpaired) electrons. The Morgan fingerprint density at radius 3 is 2.39 bits per heavy atom. The van der Waals surface area contributed by atoms with Gasteiger partial charge in [0.1, 0.15) is 0 Å². The standard InChI is InChI=1S/C24H24ClN3O2S/c25-20-7-2-1-6-19(20)21(28-13-3-4-14-28)16-26-23(29)17-9-11-18(12-10-17)27-24(30)22-8-5-15-31-22/h1-2,5-12,15,21H,3-4,13-14,16H2,(H,26,29)(H,27,30). The normalized spacial score (nSPS) is 14.9. The molecule has 2 N–H and O–H groups in total. The molecule has 0 saturated carbocycles. The summed E-state index contributed by atoms with van der Waals surface area (Å²) in [5.41, 5.74) is 2.24. The second kappa shape index (κ2) is 10.1. The number of rotatable bonds is 7. The predicted molar refractivity (Wildman–Crippen MR) is 126 cm³/mol. The number of anilines is 1. The number of halogens is 1. The summed E-state index contributed by atoms with van der Waals surface area (Å²) in [5.74, 6) is -0.298. The zero-order valence-electron chi connectivity index (χ0n) is 17.0. The second-order valence-corrected chi connectivity index (χ2v) is 8.85. The molecule has 31 heavy (non-hydrogen) atoms. The minimum Gasteiger partial charge on any atom is -0.350 e. The van der Waals surface area contributed by atoms with Gasteiger partial charge in [0, 0.05) is 22.8 Å². The molecule has 1 saturated heterocycles. The Balaban J connectivity index is 1.39. The van der Waals surface area contributed by atoms with Crippen molar-refractivity contribution in [2.75, 3.05) is 25.0 Å². The van der Waals surface area contributed by atoms with Gasteiger partial charge in [-0.3, -0.25) is 14.5 Å². The van der Waals surface area contributed by atoms with Gasteiger partial charge in [0.15, 0.2) is 0 Å². The lowest BCUT2D eigenvalue weighted by Crippen LogP contribution is -2.37. The monoisotopic (exact) mass is 453 g/mol. The number of thiophene rings is 1. The van der Waals surface area contributed by atoms with Crippen molar-refractivity contribution in [2.24, 2.45) is 0 Å². The highest BCUT2D eigenvalue weighted by Crippen LogP contribution is 2.29. The van der Waals surface area contributed by atoms with E-state index in [0.717, 1.165) is 36.5 Å². The van der Waals surface area contributed by atoms with E-state index in [1.807, 2.05) is 35.7 Å². The average molecular weight is 454 g/mol. The smallest absolute Gasteiger partial charge is 0.265 e. The van der Waals surface area contributed by atoms with Gasteiger partial charge in [0.25, 0.3) is 11.8 Å². The molecule has 1 aromatic heterocycles.